The van der Waals surface area contributed by atoms with Crippen LogP contribution in [-0.4, -0.2) is 67.7 Å². The first-order chi connectivity index (χ1) is 26.1. The van der Waals surface area contributed by atoms with Crippen molar-refractivity contribution < 1.29 is 4.74 Å². The van der Waals surface area contributed by atoms with Gasteiger partial charge in [0.05, 0.1) is 93.4 Å². The van der Waals surface area contributed by atoms with Crippen molar-refractivity contribution in [2.75, 3.05) is 42.6 Å². The summed E-state index contributed by atoms with van der Waals surface area (Å²) in [5.74, 6) is 0. The molecule has 0 aromatic carbocycles. The Morgan fingerprint density at radius 2 is 1.28 bits per heavy atom. The third-order valence-corrected chi connectivity index (χ3v) is 10.7. The normalized spacial score (nSPS) is 14.9. The maximum Gasteiger partial charge on any atom is 0.0944 e. The molecule has 0 amide bonds. The van der Waals surface area contributed by atoms with Crippen molar-refractivity contribution in [3.05, 3.63) is 119 Å². The Bertz CT molecular complexity index is 2530. The molecule has 0 bridgehead atoms. The molecule has 2 aliphatic heterocycles. The fourth-order valence-electron chi connectivity index (χ4n) is 7.46. The van der Waals surface area contributed by atoms with Gasteiger partial charge in [-0.2, -0.15) is 0 Å². The second-order valence-corrected chi connectivity index (χ2v) is 15.1. The van der Waals surface area contributed by atoms with Crippen LogP contribution in [0.5, 0.6) is 0 Å². The molecule has 1 saturated heterocycles. The quantitative estimate of drug-likeness (QED) is 0.174. The molecule has 9 heterocycles. The lowest BCUT2D eigenvalue weighted by Crippen LogP contribution is -2.36. The first-order valence-corrected chi connectivity index (χ1v) is 18.6. The number of nitrogens with zero attached hydrogens (tertiary/aromatic N) is 9. The SMILES string of the molecule is Cc1ccnc(-c2nc3cnccc3c(Cl)c2C)c1.Cc1ccnc(-c2nc3cnccc3c(N3CC(C)(C)c4ncc(N5CCOCC5)cc43)c2C)c1. The fourth-order valence-corrected chi connectivity index (χ4v) is 7.71. The van der Waals surface area contributed by atoms with Crippen molar-refractivity contribution in [1.29, 1.82) is 0 Å². The van der Waals surface area contributed by atoms with Gasteiger partial charge in [-0.15, -0.1) is 0 Å². The third kappa shape index (κ3) is 6.60. The molecule has 0 aliphatic carbocycles. The molecule has 11 heteroatoms. The van der Waals surface area contributed by atoms with Crippen LogP contribution >= 0.6 is 11.6 Å². The number of aryl methyl sites for hydroxylation is 2. The zero-order valence-corrected chi connectivity index (χ0v) is 32.2. The van der Waals surface area contributed by atoms with Gasteiger partial charge in [0.1, 0.15) is 0 Å². The Morgan fingerprint density at radius 1 is 0.685 bits per heavy atom. The highest BCUT2D eigenvalue weighted by atomic mass is 35.5. The van der Waals surface area contributed by atoms with E-state index in [0.717, 1.165) is 122 Å². The predicted molar refractivity (Wildman–Crippen MR) is 217 cm³/mol. The van der Waals surface area contributed by atoms with Crippen molar-refractivity contribution in [2.24, 2.45) is 0 Å². The van der Waals surface area contributed by atoms with Crippen molar-refractivity contribution in [2.45, 2.75) is 47.0 Å². The summed E-state index contributed by atoms with van der Waals surface area (Å²) in [4.78, 5) is 37.0. The lowest BCUT2D eigenvalue weighted by atomic mass is 9.91. The molecule has 7 aromatic rings. The van der Waals surface area contributed by atoms with Gasteiger partial charge in [0.15, 0.2) is 0 Å². The van der Waals surface area contributed by atoms with Gasteiger partial charge in [-0.3, -0.25) is 24.9 Å². The summed E-state index contributed by atoms with van der Waals surface area (Å²) >= 11 is 6.43. The Labute approximate surface area is 320 Å². The second kappa shape index (κ2) is 14.3. The Morgan fingerprint density at radius 3 is 1.91 bits per heavy atom. The van der Waals surface area contributed by atoms with Crippen LogP contribution in [0, 0.1) is 27.7 Å². The van der Waals surface area contributed by atoms with E-state index in [4.69, 9.17) is 26.3 Å². The highest BCUT2D eigenvalue weighted by Crippen LogP contribution is 2.48. The molecule has 0 saturated carbocycles. The summed E-state index contributed by atoms with van der Waals surface area (Å²) in [7, 11) is 0. The van der Waals surface area contributed by atoms with Gasteiger partial charge in [0, 0.05) is 66.2 Å². The smallest absolute Gasteiger partial charge is 0.0944 e. The van der Waals surface area contributed by atoms with E-state index < -0.39 is 0 Å². The summed E-state index contributed by atoms with van der Waals surface area (Å²) in [5, 5.41) is 2.73. The van der Waals surface area contributed by atoms with Crippen LogP contribution in [0.1, 0.15) is 41.8 Å². The number of hydrogen-bond donors (Lipinski definition) is 0. The molecule has 0 atom stereocenters. The van der Waals surface area contributed by atoms with E-state index in [0.29, 0.717) is 5.02 Å². The predicted octanol–water partition coefficient (Wildman–Crippen LogP) is 8.93. The largest absolute Gasteiger partial charge is 0.378 e. The molecule has 0 radical (unpaired) electrons. The van der Waals surface area contributed by atoms with Crippen molar-refractivity contribution in [3.63, 3.8) is 0 Å². The Kier molecular flexibility index (Phi) is 9.41. The second-order valence-electron chi connectivity index (χ2n) is 14.7. The minimum atomic E-state index is -0.0876. The molecular weight excluding hydrogens is 694 g/mol. The van der Waals surface area contributed by atoms with E-state index in [1.807, 2.05) is 62.9 Å². The fraction of sp³-hybridized carbons (Fsp3) is 0.279. The van der Waals surface area contributed by atoms with Gasteiger partial charge >= 0.3 is 0 Å². The molecule has 0 spiro atoms. The zero-order valence-electron chi connectivity index (χ0n) is 31.4. The average Bonchev–Trinajstić information content (AvgIpc) is 3.45. The van der Waals surface area contributed by atoms with E-state index in [1.54, 1.807) is 18.6 Å². The topological polar surface area (TPSA) is 106 Å². The number of morpholine rings is 1. The number of aromatic nitrogens is 7. The van der Waals surface area contributed by atoms with E-state index in [1.165, 1.54) is 0 Å². The maximum atomic E-state index is 6.43. The molecule has 1 fully saturated rings. The van der Waals surface area contributed by atoms with Crippen molar-refractivity contribution in [3.8, 4) is 22.8 Å². The van der Waals surface area contributed by atoms with Gasteiger partial charge in [0.25, 0.3) is 0 Å². The summed E-state index contributed by atoms with van der Waals surface area (Å²) in [6.07, 6.45) is 12.8. The average molecular weight is 736 g/mol. The van der Waals surface area contributed by atoms with E-state index in [2.05, 4.69) is 80.6 Å². The first-order valence-electron chi connectivity index (χ1n) is 18.2. The molecule has 7 aromatic heterocycles. The molecule has 0 N–H and O–H groups in total. The molecule has 272 valence electrons. The number of pyridine rings is 7. The van der Waals surface area contributed by atoms with E-state index in [-0.39, 0.29) is 5.41 Å². The van der Waals surface area contributed by atoms with E-state index >= 15 is 0 Å². The van der Waals surface area contributed by atoms with Crippen molar-refractivity contribution >= 4 is 50.5 Å². The van der Waals surface area contributed by atoms with Crippen LogP contribution in [0.2, 0.25) is 5.02 Å². The number of rotatable bonds is 4. The monoisotopic (exact) mass is 735 g/mol. The maximum absolute atomic E-state index is 6.43. The minimum Gasteiger partial charge on any atom is -0.378 e. The summed E-state index contributed by atoms with van der Waals surface area (Å²) in [6.45, 7) is 16.9. The number of anilines is 3. The molecule has 54 heavy (non-hydrogen) atoms. The van der Waals surface area contributed by atoms with Crippen LogP contribution < -0.4 is 9.80 Å². The number of fused-ring (bicyclic) bond motifs is 3. The Balaban J connectivity index is 0.000000183. The molecule has 0 unspecified atom stereocenters. The summed E-state index contributed by atoms with van der Waals surface area (Å²) in [5.41, 5.74) is 14.0. The third-order valence-electron chi connectivity index (χ3n) is 10.3. The standard InChI is InChI=1S/C28H30N6O.C15H12ClN3/c1-18-5-8-30-22(13-18)25-19(2)26(21-6-7-29-16-23(21)32-25)34-17-28(3,4)27-24(34)14-20(15-31-27)33-9-11-35-12-10-33;1-9-3-6-18-12(7-9)15-10(2)14(16)11-4-5-17-8-13(11)19-15/h5-8,13-16H,9-12,17H2,1-4H3;3-8H,1-2H3. The summed E-state index contributed by atoms with van der Waals surface area (Å²) < 4.78 is 5.57. The van der Waals surface area contributed by atoms with Crippen LogP contribution in [0.25, 0.3) is 44.6 Å². The highest BCUT2D eigenvalue weighted by Gasteiger charge is 2.39. The van der Waals surface area contributed by atoms with Crippen LogP contribution in [0.15, 0.2) is 85.8 Å². The van der Waals surface area contributed by atoms with Crippen LogP contribution in [-0.2, 0) is 10.2 Å². The molecular formula is C43H42ClN9O. The van der Waals surface area contributed by atoms with Gasteiger partial charge < -0.3 is 14.5 Å². The number of hydrogen-bond acceptors (Lipinski definition) is 10. The lowest BCUT2D eigenvalue weighted by Gasteiger charge is -2.30. The number of ether oxygens (including phenoxy) is 1. The minimum absolute atomic E-state index is 0.0876. The summed E-state index contributed by atoms with van der Waals surface area (Å²) in [6, 6.07) is 14.3. The lowest BCUT2D eigenvalue weighted by molar-refractivity contribution is 0.122. The van der Waals surface area contributed by atoms with Crippen molar-refractivity contribution in [1.82, 2.24) is 34.9 Å². The highest BCUT2D eigenvalue weighted by molar-refractivity contribution is 6.36. The van der Waals surface area contributed by atoms with Crippen LogP contribution in [0.3, 0.4) is 0 Å². The zero-order chi connectivity index (χ0) is 37.6. The first kappa shape index (κ1) is 35.4. The molecule has 2 aliphatic rings. The van der Waals surface area contributed by atoms with Crippen LogP contribution in [0.4, 0.5) is 17.1 Å². The van der Waals surface area contributed by atoms with E-state index in [9.17, 15) is 0 Å². The van der Waals surface area contributed by atoms with Gasteiger partial charge in [-0.05, 0) is 86.8 Å². The molecule has 10 nitrogen and oxygen atoms in total. The molecule has 9 rings (SSSR count). The van der Waals surface area contributed by atoms with Gasteiger partial charge in [0.2, 0.25) is 0 Å². The number of halogens is 1. The van der Waals surface area contributed by atoms with Gasteiger partial charge in [-0.1, -0.05) is 25.4 Å². The Hall–Kier alpha value is -5.58. The van der Waals surface area contributed by atoms with Gasteiger partial charge in [-0.25, -0.2) is 9.97 Å².